The van der Waals surface area contributed by atoms with E-state index in [0.29, 0.717) is 0 Å². The number of methoxy groups -OCH3 is 1. The molecule has 9 heavy (non-hydrogen) atoms. The fourth-order valence-electron chi connectivity index (χ4n) is 0.621. The Labute approximate surface area is 61.5 Å². The van der Waals surface area contributed by atoms with Gasteiger partial charge in [-0.05, 0) is 6.92 Å². The van der Waals surface area contributed by atoms with Crippen molar-refractivity contribution < 1.29 is 10.2 Å². The SMILES string of the molecule is COC1(C)CNC1.Cl.O. The summed E-state index contributed by atoms with van der Waals surface area (Å²) >= 11 is 0. The molecule has 0 aliphatic carbocycles. The van der Waals surface area contributed by atoms with Crippen LogP contribution >= 0.6 is 12.4 Å². The number of nitrogens with one attached hydrogen (secondary N) is 1. The van der Waals surface area contributed by atoms with Gasteiger partial charge in [-0.15, -0.1) is 12.4 Å². The van der Waals surface area contributed by atoms with Crippen molar-refractivity contribution in [3.63, 3.8) is 0 Å². The molecule has 0 aromatic carbocycles. The Kier molecular flexibility index (Phi) is 5.37. The Morgan fingerprint density at radius 3 is 1.89 bits per heavy atom. The minimum absolute atomic E-state index is 0. The Morgan fingerprint density at radius 1 is 1.44 bits per heavy atom. The summed E-state index contributed by atoms with van der Waals surface area (Å²) < 4.78 is 5.11. The lowest BCUT2D eigenvalue weighted by molar-refractivity contribution is -0.0349. The monoisotopic (exact) mass is 155 g/mol. The first-order valence-corrected chi connectivity index (χ1v) is 2.53. The third kappa shape index (κ3) is 2.49. The molecule has 0 amide bonds. The third-order valence-electron chi connectivity index (χ3n) is 1.49. The lowest BCUT2D eigenvalue weighted by Gasteiger charge is -2.37. The zero-order valence-corrected chi connectivity index (χ0v) is 6.55. The first-order chi connectivity index (χ1) is 3.27. The summed E-state index contributed by atoms with van der Waals surface area (Å²) in [4.78, 5) is 0. The second-order valence-corrected chi connectivity index (χ2v) is 2.26. The second kappa shape index (κ2) is 4.06. The van der Waals surface area contributed by atoms with Gasteiger partial charge in [0.05, 0.1) is 5.60 Å². The fourth-order valence-corrected chi connectivity index (χ4v) is 0.621. The van der Waals surface area contributed by atoms with Crippen molar-refractivity contribution in [3.8, 4) is 0 Å². The third-order valence-corrected chi connectivity index (χ3v) is 1.49. The molecule has 0 atom stereocenters. The predicted octanol–water partition coefficient (Wildman–Crippen LogP) is -0.408. The van der Waals surface area contributed by atoms with Gasteiger partial charge in [0.2, 0.25) is 0 Å². The molecule has 3 nitrogen and oxygen atoms in total. The van der Waals surface area contributed by atoms with Gasteiger partial charge in [0.1, 0.15) is 0 Å². The summed E-state index contributed by atoms with van der Waals surface area (Å²) in [6.07, 6.45) is 0. The molecule has 0 aromatic heterocycles. The maximum absolute atomic E-state index is 5.11. The van der Waals surface area contributed by atoms with Gasteiger partial charge in [-0.3, -0.25) is 0 Å². The van der Waals surface area contributed by atoms with Gasteiger partial charge < -0.3 is 15.5 Å². The Balaban J connectivity index is 0. The first kappa shape index (κ1) is 11.9. The van der Waals surface area contributed by atoms with Crippen LogP contribution in [0.15, 0.2) is 0 Å². The van der Waals surface area contributed by atoms with Crippen molar-refractivity contribution >= 4 is 12.4 Å². The van der Waals surface area contributed by atoms with Crippen LogP contribution in [0.4, 0.5) is 0 Å². The average Bonchev–Trinajstić information content (AvgIpc) is 1.61. The highest BCUT2D eigenvalue weighted by Crippen LogP contribution is 2.12. The minimum atomic E-state index is 0. The molecule has 0 radical (unpaired) electrons. The van der Waals surface area contributed by atoms with E-state index < -0.39 is 0 Å². The molecule has 3 N–H and O–H groups in total. The van der Waals surface area contributed by atoms with Gasteiger partial charge in [-0.2, -0.15) is 0 Å². The van der Waals surface area contributed by atoms with Crippen molar-refractivity contribution in [1.29, 1.82) is 0 Å². The van der Waals surface area contributed by atoms with Gasteiger partial charge in [-0.1, -0.05) is 0 Å². The van der Waals surface area contributed by atoms with Gasteiger partial charge in [-0.25, -0.2) is 0 Å². The second-order valence-electron chi connectivity index (χ2n) is 2.26. The van der Waals surface area contributed by atoms with E-state index in [0.717, 1.165) is 13.1 Å². The highest BCUT2D eigenvalue weighted by Gasteiger charge is 2.30. The number of ether oxygens (including phenoxy) is 1. The van der Waals surface area contributed by atoms with E-state index in [-0.39, 0.29) is 23.5 Å². The lowest BCUT2D eigenvalue weighted by Crippen LogP contribution is -2.58. The smallest absolute Gasteiger partial charge is 0.0898 e. The van der Waals surface area contributed by atoms with Crippen molar-refractivity contribution in [2.75, 3.05) is 20.2 Å². The van der Waals surface area contributed by atoms with E-state index in [1.54, 1.807) is 7.11 Å². The number of hydrogen-bond donors (Lipinski definition) is 1. The molecular formula is C5H14ClNO2. The van der Waals surface area contributed by atoms with Crippen LogP contribution in [0.2, 0.25) is 0 Å². The summed E-state index contributed by atoms with van der Waals surface area (Å²) in [7, 11) is 1.75. The van der Waals surface area contributed by atoms with Crippen LogP contribution in [0, 0.1) is 0 Å². The maximum atomic E-state index is 5.11. The van der Waals surface area contributed by atoms with Gasteiger partial charge in [0, 0.05) is 20.2 Å². The van der Waals surface area contributed by atoms with Crippen LogP contribution in [0.5, 0.6) is 0 Å². The molecule has 58 valence electrons. The van der Waals surface area contributed by atoms with E-state index in [1.165, 1.54) is 0 Å². The topological polar surface area (TPSA) is 52.8 Å². The zero-order chi connectivity index (χ0) is 5.33. The molecule has 0 aromatic rings. The highest BCUT2D eigenvalue weighted by molar-refractivity contribution is 5.85. The predicted molar refractivity (Wildman–Crippen MR) is 39.1 cm³/mol. The van der Waals surface area contributed by atoms with Crippen molar-refractivity contribution in [2.24, 2.45) is 0 Å². The average molecular weight is 156 g/mol. The van der Waals surface area contributed by atoms with Crippen LogP contribution in [0.1, 0.15) is 6.92 Å². The molecule has 1 aliphatic heterocycles. The Bertz CT molecular complexity index is 69.8. The van der Waals surface area contributed by atoms with Crippen molar-refractivity contribution in [1.82, 2.24) is 5.32 Å². The largest absolute Gasteiger partial charge is 0.412 e. The molecule has 1 fully saturated rings. The maximum Gasteiger partial charge on any atom is 0.0898 e. The molecule has 0 bridgehead atoms. The summed E-state index contributed by atoms with van der Waals surface area (Å²) in [5.41, 5.74) is 0.153. The molecule has 0 unspecified atom stereocenters. The van der Waals surface area contributed by atoms with Crippen LogP contribution in [-0.4, -0.2) is 31.3 Å². The number of hydrogen-bond acceptors (Lipinski definition) is 2. The lowest BCUT2D eigenvalue weighted by atomic mass is 10.0. The molecule has 0 spiro atoms. The zero-order valence-electron chi connectivity index (χ0n) is 5.73. The van der Waals surface area contributed by atoms with Crippen LogP contribution in [-0.2, 0) is 4.74 Å². The first-order valence-electron chi connectivity index (χ1n) is 2.53. The van der Waals surface area contributed by atoms with E-state index in [4.69, 9.17) is 4.74 Å². The minimum Gasteiger partial charge on any atom is -0.412 e. The summed E-state index contributed by atoms with van der Waals surface area (Å²) in [5.74, 6) is 0. The Hall–Kier alpha value is 0.170. The molecule has 1 heterocycles. The van der Waals surface area contributed by atoms with Gasteiger partial charge >= 0.3 is 0 Å². The number of halogens is 1. The van der Waals surface area contributed by atoms with E-state index in [1.807, 2.05) is 0 Å². The van der Waals surface area contributed by atoms with Crippen LogP contribution in [0.25, 0.3) is 0 Å². The molecule has 4 heteroatoms. The molecule has 1 aliphatic rings. The summed E-state index contributed by atoms with van der Waals surface area (Å²) in [6.45, 7) is 4.11. The van der Waals surface area contributed by atoms with E-state index in [9.17, 15) is 0 Å². The van der Waals surface area contributed by atoms with E-state index >= 15 is 0 Å². The van der Waals surface area contributed by atoms with Crippen LogP contribution < -0.4 is 5.32 Å². The van der Waals surface area contributed by atoms with Crippen molar-refractivity contribution in [3.05, 3.63) is 0 Å². The number of rotatable bonds is 1. The van der Waals surface area contributed by atoms with Crippen LogP contribution in [0.3, 0.4) is 0 Å². The van der Waals surface area contributed by atoms with E-state index in [2.05, 4.69) is 12.2 Å². The normalized spacial score (nSPS) is 20.7. The molecule has 1 saturated heterocycles. The van der Waals surface area contributed by atoms with Crippen molar-refractivity contribution in [2.45, 2.75) is 12.5 Å². The van der Waals surface area contributed by atoms with Gasteiger partial charge in [0.25, 0.3) is 0 Å². The standard InChI is InChI=1S/C5H11NO.ClH.H2O/c1-5(7-2)3-6-4-5;;/h6H,3-4H2,1-2H3;1H;1H2. The quantitative estimate of drug-likeness (QED) is 0.560. The molecule has 1 rings (SSSR count). The fraction of sp³-hybridized carbons (Fsp3) is 1.00. The molecular weight excluding hydrogens is 142 g/mol. The molecule has 0 saturated carbocycles. The Morgan fingerprint density at radius 2 is 1.89 bits per heavy atom. The summed E-state index contributed by atoms with van der Waals surface area (Å²) in [6, 6.07) is 0. The van der Waals surface area contributed by atoms with Gasteiger partial charge in [0.15, 0.2) is 0 Å². The summed E-state index contributed by atoms with van der Waals surface area (Å²) in [5, 5.41) is 3.13. The highest BCUT2D eigenvalue weighted by atomic mass is 35.5.